The van der Waals surface area contributed by atoms with Crippen LogP contribution in [0.1, 0.15) is 53.3 Å². The summed E-state index contributed by atoms with van der Waals surface area (Å²) in [5.74, 6) is -0.382. The van der Waals surface area contributed by atoms with E-state index in [9.17, 15) is 14.4 Å². The van der Waals surface area contributed by atoms with Gasteiger partial charge in [0.2, 0.25) is 0 Å². The molecule has 2 aliphatic rings. The number of para-hydroxylation sites is 1. The third-order valence-corrected chi connectivity index (χ3v) is 6.19. The van der Waals surface area contributed by atoms with Gasteiger partial charge in [0.1, 0.15) is 11.3 Å². The molecule has 0 bridgehead atoms. The number of hydrogen-bond donors (Lipinski definition) is 1. The summed E-state index contributed by atoms with van der Waals surface area (Å²) in [6.45, 7) is 5.21. The number of hydrogen-bond acceptors (Lipinski definition) is 4. The number of aryl methyl sites for hydroxylation is 1. The minimum absolute atomic E-state index is 0.243. The predicted molar refractivity (Wildman–Crippen MR) is 110 cm³/mol. The van der Waals surface area contributed by atoms with Crippen LogP contribution in [-0.4, -0.2) is 33.7 Å². The number of nitrogens with zero attached hydrogens (tertiary/aromatic N) is 2. The number of Topliss-reactive ketones (excluding diaryl/α,β-unsaturated/α-hetero) is 1. The van der Waals surface area contributed by atoms with Gasteiger partial charge in [-0.05, 0) is 51.8 Å². The number of amides is 3. The number of aromatic nitrogens is 1. The van der Waals surface area contributed by atoms with Crippen molar-refractivity contribution in [1.82, 2.24) is 14.8 Å². The van der Waals surface area contributed by atoms with E-state index in [1.54, 1.807) is 19.1 Å². The van der Waals surface area contributed by atoms with Gasteiger partial charge in [0.05, 0.1) is 6.54 Å². The van der Waals surface area contributed by atoms with Crippen molar-refractivity contribution in [3.8, 4) is 0 Å². The molecule has 3 heterocycles. The molecule has 3 amide bonds. The van der Waals surface area contributed by atoms with E-state index in [-0.39, 0.29) is 12.3 Å². The number of carbonyl (C=O) groups is 3. The van der Waals surface area contributed by atoms with Crippen molar-refractivity contribution in [2.45, 2.75) is 45.2 Å². The molecule has 1 saturated heterocycles. The number of ketones is 1. The summed E-state index contributed by atoms with van der Waals surface area (Å²) in [5.41, 5.74) is 1.78. The van der Waals surface area contributed by atoms with Gasteiger partial charge in [-0.1, -0.05) is 18.2 Å². The lowest BCUT2D eigenvalue weighted by Gasteiger charge is -2.18. The van der Waals surface area contributed by atoms with Gasteiger partial charge in [-0.3, -0.25) is 14.5 Å². The Morgan fingerprint density at radius 2 is 1.93 bits per heavy atom. The molecule has 1 atom stereocenters. The van der Waals surface area contributed by atoms with Crippen molar-refractivity contribution in [2.24, 2.45) is 0 Å². The summed E-state index contributed by atoms with van der Waals surface area (Å²) in [6.07, 6.45) is 2.24. The summed E-state index contributed by atoms with van der Waals surface area (Å²) in [7, 11) is 0. The maximum atomic E-state index is 13.2. The summed E-state index contributed by atoms with van der Waals surface area (Å²) in [6, 6.07) is 10.9. The maximum absolute atomic E-state index is 13.2. The molecule has 1 aromatic carbocycles. The highest BCUT2D eigenvalue weighted by Crippen LogP contribution is 2.38. The summed E-state index contributed by atoms with van der Waals surface area (Å²) >= 11 is 0. The summed E-state index contributed by atoms with van der Waals surface area (Å²) in [5, 5.41) is 3.56. The number of urea groups is 1. The second kappa shape index (κ2) is 6.32. The highest BCUT2D eigenvalue weighted by molar-refractivity contribution is 6.11. The van der Waals surface area contributed by atoms with E-state index in [0.29, 0.717) is 22.9 Å². The summed E-state index contributed by atoms with van der Waals surface area (Å²) in [4.78, 5) is 39.8. The van der Waals surface area contributed by atoms with Crippen LogP contribution in [0.4, 0.5) is 4.79 Å². The molecule has 7 heteroatoms. The van der Waals surface area contributed by atoms with Gasteiger partial charge in [0.15, 0.2) is 11.3 Å². The van der Waals surface area contributed by atoms with E-state index in [4.69, 9.17) is 4.42 Å². The van der Waals surface area contributed by atoms with Crippen LogP contribution in [0.25, 0.3) is 11.0 Å². The topological polar surface area (TPSA) is 84.6 Å². The minimum atomic E-state index is -1.35. The van der Waals surface area contributed by atoms with Gasteiger partial charge < -0.3 is 14.3 Å². The molecule has 1 aliphatic heterocycles. The van der Waals surface area contributed by atoms with Gasteiger partial charge in [-0.25, -0.2) is 4.79 Å². The molecule has 1 aliphatic carbocycles. The first kappa shape index (κ1) is 18.7. The largest absolute Gasteiger partial charge is 0.458 e. The molecule has 0 unspecified atom stereocenters. The van der Waals surface area contributed by atoms with E-state index in [2.05, 4.69) is 9.88 Å². The van der Waals surface area contributed by atoms with Crippen molar-refractivity contribution in [3.63, 3.8) is 0 Å². The molecular weight excluding hydrogens is 382 g/mol. The second-order valence-electron chi connectivity index (χ2n) is 8.40. The van der Waals surface area contributed by atoms with Crippen LogP contribution in [0.3, 0.4) is 0 Å². The van der Waals surface area contributed by atoms with Crippen molar-refractivity contribution in [3.05, 3.63) is 59.1 Å². The van der Waals surface area contributed by atoms with Crippen LogP contribution >= 0.6 is 0 Å². The minimum Gasteiger partial charge on any atom is -0.458 e. The number of carbonyl (C=O) groups excluding carboxylic acids is 3. The molecule has 1 N–H and O–H groups in total. The molecule has 2 aromatic heterocycles. The Morgan fingerprint density at radius 3 is 2.63 bits per heavy atom. The first-order valence-electron chi connectivity index (χ1n) is 10.1. The Balaban J connectivity index is 1.42. The van der Waals surface area contributed by atoms with Gasteiger partial charge in [-0.15, -0.1) is 0 Å². The standard InChI is InChI=1S/C23H23N3O4/c1-13-10-17(14(2)26(13)16-8-9-16)18(27)12-25-21(28)23(3,24-22(25)29)20-11-15-6-4-5-7-19(15)30-20/h4-7,10-11,16H,8-9,12H2,1-3H3,(H,24,29)/t23-/m1/s1. The lowest BCUT2D eigenvalue weighted by Crippen LogP contribution is -2.41. The lowest BCUT2D eigenvalue weighted by molar-refractivity contribution is -0.131. The zero-order chi connectivity index (χ0) is 21.2. The van der Waals surface area contributed by atoms with Crippen molar-refractivity contribution in [2.75, 3.05) is 6.54 Å². The molecule has 2 fully saturated rings. The number of rotatable bonds is 5. The van der Waals surface area contributed by atoms with Crippen LogP contribution in [0.2, 0.25) is 0 Å². The van der Waals surface area contributed by atoms with Gasteiger partial charge in [-0.2, -0.15) is 0 Å². The number of fused-ring (bicyclic) bond motifs is 1. The lowest BCUT2D eigenvalue weighted by atomic mass is 9.98. The normalized spacial score (nSPS) is 21.5. The third-order valence-electron chi connectivity index (χ3n) is 6.19. The first-order chi connectivity index (χ1) is 14.3. The number of benzene rings is 1. The SMILES string of the molecule is Cc1cc(C(=O)CN2C(=O)N[C@](C)(c3cc4ccccc4o3)C2=O)c(C)n1C1CC1. The zero-order valence-corrected chi connectivity index (χ0v) is 17.2. The quantitative estimate of drug-likeness (QED) is 0.516. The fourth-order valence-electron chi connectivity index (χ4n) is 4.42. The molecule has 3 aromatic rings. The fraction of sp³-hybridized carbons (Fsp3) is 0.348. The van der Waals surface area contributed by atoms with E-state index < -0.39 is 17.5 Å². The first-order valence-corrected chi connectivity index (χ1v) is 10.1. The predicted octanol–water partition coefficient (Wildman–Crippen LogP) is 3.84. The van der Waals surface area contributed by atoms with Gasteiger partial charge in [0, 0.05) is 28.4 Å². The average Bonchev–Trinajstić information content (AvgIpc) is 3.30. The molecular formula is C23H23N3O4. The number of imide groups is 1. The Hall–Kier alpha value is -3.35. The van der Waals surface area contributed by atoms with E-state index >= 15 is 0 Å². The van der Waals surface area contributed by atoms with Gasteiger partial charge >= 0.3 is 6.03 Å². The fourth-order valence-corrected chi connectivity index (χ4v) is 4.42. The Labute approximate surface area is 173 Å². The molecule has 154 valence electrons. The van der Waals surface area contributed by atoms with Crippen molar-refractivity contribution >= 4 is 28.7 Å². The van der Waals surface area contributed by atoms with Crippen LogP contribution < -0.4 is 5.32 Å². The monoisotopic (exact) mass is 405 g/mol. The summed E-state index contributed by atoms with van der Waals surface area (Å²) < 4.78 is 8.01. The Morgan fingerprint density at radius 1 is 1.20 bits per heavy atom. The Kier molecular flexibility index (Phi) is 3.93. The smallest absolute Gasteiger partial charge is 0.325 e. The highest BCUT2D eigenvalue weighted by atomic mass is 16.3. The number of nitrogens with one attached hydrogen (secondary N) is 1. The van der Waals surface area contributed by atoms with E-state index in [1.807, 2.05) is 38.1 Å². The van der Waals surface area contributed by atoms with E-state index in [1.165, 1.54) is 0 Å². The maximum Gasteiger partial charge on any atom is 0.325 e. The van der Waals surface area contributed by atoms with Crippen molar-refractivity contribution < 1.29 is 18.8 Å². The second-order valence-corrected chi connectivity index (χ2v) is 8.40. The van der Waals surface area contributed by atoms with E-state index in [0.717, 1.165) is 34.5 Å². The van der Waals surface area contributed by atoms with Crippen LogP contribution in [0.15, 0.2) is 40.8 Å². The van der Waals surface area contributed by atoms with Crippen LogP contribution in [0, 0.1) is 13.8 Å². The zero-order valence-electron chi connectivity index (χ0n) is 17.2. The highest BCUT2D eigenvalue weighted by Gasteiger charge is 2.51. The molecule has 30 heavy (non-hydrogen) atoms. The molecule has 5 rings (SSSR count). The van der Waals surface area contributed by atoms with Gasteiger partial charge in [0.25, 0.3) is 5.91 Å². The molecule has 7 nitrogen and oxygen atoms in total. The van der Waals surface area contributed by atoms with Crippen molar-refractivity contribution in [1.29, 1.82) is 0 Å². The molecule has 0 spiro atoms. The van der Waals surface area contributed by atoms with Crippen LogP contribution in [-0.2, 0) is 10.3 Å². The third kappa shape index (κ3) is 2.69. The number of furan rings is 1. The van der Waals surface area contributed by atoms with Crippen LogP contribution in [0.5, 0.6) is 0 Å². The molecule has 0 radical (unpaired) electrons. The molecule has 1 saturated carbocycles. The average molecular weight is 405 g/mol. The Bertz CT molecular complexity index is 1180.